The number of hydrogen-bond donors (Lipinski definition) is 1. The van der Waals surface area contributed by atoms with Crippen molar-refractivity contribution in [2.75, 3.05) is 45.8 Å². The lowest BCUT2D eigenvalue weighted by atomic mass is 10.2. The molecular weight excluding hydrogens is 360 g/mol. The topological polar surface area (TPSA) is 85.8 Å². The summed E-state index contributed by atoms with van der Waals surface area (Å²) in [7, 11) is 3.06. The number of nitrogens with one attached hydrogen (secondary N) is 1. The minimum atomic E-state index is -0.106. The number of ether oxygens (including phenoxy) is 3. The molecule has 1 aromatic heterocycles. The van der Waals surface area contributed by atoms with Gasteiger partial charge in [-0.15, -0.1) is 0 Å². The van der Waals surface area contributed by atoms with E-state index >= 15 is 0 Å². The number of carbonyl (C=O) groups excluding carboxylic acids is 1. The molecule has 1 fully saturated rings. The van der Waals surface area contributed by atoms with Crippen LogP contribution in [0.15, 0.2) is 24.5 Å². The predicted octanol–water partition coefficient (Wildman–Crippen LogP) is 2.36. The van der Waals surface area contributed by atoms with Gasteiger partial charge in [0.2, 0.25) is 5.95 Å². The highest BCUT2D eigenvalue weighted by Crippen LogP contribution is 2.36. The summed E-state index contributed by atoms with van der Waals surface area (Å²) in [6.45, 7) is 2.23. The van der Waals surface area contributed by atoms with Gasteiger partial charge in [-0.25, -0.2) is 9.97 Å². The zero-order valence-electron chi connectivity index (χ0n) is 14.5. The van der Waals surface area contributed by atoms with Crippen LogP contribution < -0.4 is 14.8 Å². The summed E-state index contributed by atoms with van der Waals surface area (Å²) in [6.07, 6.45) is 2.99. The van der Waals surface area contributed by atoms with Crippen LogP contribution in [0.4, 0.5) is 11.6 Å². The highest BCUT2D eigenvalue weighted by molar-refractivity contribution is 6.32. The van der Waals surface area contributed by atoms with Crippen LogP contribution in [0.1, 0.15) is 10.4 Å². The summed E-state index contributed by atoms with van der Waals surface area (Å²) in [5.41, 5.74) is 1.03. The van der Waals surface area contributed by atoms with Gasteiger partial charge in [-0.3, -0.25) is 4.79 Å². The quantitative estimate of drug-likeness (QED) is 0.854. The summed E-state index contributed by atoms with van der Waals surface area (Å²) in [5, 5.41) is 3.47. The number of rotatable bonds is 5. The Balaban J connectivity index is 1.76. The lowest BCUT2D eigenvalue weighted by molar-refractivity contribution is 0.0302. The Kier molecular flexibility index (Phi) is 5.75. The van der Waals surface area contributed by atoms with Crippen molar-refractivity contribution in [3.63, 3.8) is 0 Å². The van der Waals surface area contributed by atoms with Crippen molar-refractivity contribution < 1.29 is 19.0 Å². The molecule has 26 heavy (non-hydrogen) atoms. The number of amides is 1. The number of benzene rings is 1. The third-order valence-corrected chi connectivity index (χ3v) is 4.21. The van der Waals surface area contributed by atoms with E-state index in [1.54, 1.807) is 17.0 Å². The van der Waals surface area contributed by atoms with Crippen LogP contribution in [0.3, 0.4) is 0 Å². The zero-order chi connectivity index (χ0) is 18.5. The Morgan fingerprint density at radius 1 is 1.15 bits per heavy atom. The maximum atomic E-state index is 12.4. The Bertz CT molecular complexity index is 779. The largest absolute Gasteiger partial charge is 0.495 e. The molecule has 0 saturated carbocycles. The van der Waals surface area contributed by atoms with E-state index in [0.29, 0.717) is 60.0 Å². The molecule has 9 heteroatoms. The van der Waals surface area contributed by atoms with Crippen LogP contribution >= 0.6 is 11.6 Å². The van der Waals surface area contributed by atoms with E-state index in [1.807, 2.05) is 0 Å². The van der Waals surface area contributed by atoms with Crippen molar-refractivity contribution in [1.82, 2.24) is 14.9 Å². The van der Waals surface area contributed by atoms with Gasteiger partial charge in [0, 0.05) is 37.6 Å². The standard InChI is InChI=1S/C17H19ClN4O4/c1-24-14-8-13(15(25-2)7-12(14)18)21-17-19-9-11(10-20-17)16(23)22-3-5-26-6-4-22/h7-10H,3-6H2,1-2H3,(H,19,20,21). The van der Waals surface area contributed by atoms with E-state index in [0.717, 1.165) is 0 Å². The molecule has 1 N–H and O–H groups in total. The van der Waals surface area contributed by atoms with E-state index in [9.17, 15) is 4.79 Å². The molecule has 3 rings (SSSR count). The Morgan fingerprint density at radius 3 is 2.42 bits per heavy atom. The molecule has 2 aromatic rings. The molecule has 0 spiro atoms. The molecule has 0 aliphatic carbocycles. The molecular formula is C17H19ClN4O4. The molecule has 1 aliphatic heterocycles. The van der Waals surface area contributed by atoms with Crippen molar-refractivity contribution in [2.24, 2.45) is 0 Å². The van der Waals surface area contributed by atoms with E-state index in [-0.39, 0.29) is 5.91 Å². The van der Waals surface area contributed by atoms with Gasteiger partial charge < -0.3 is 24.4 Å². The molecule has 0 radical (unpaired) electrons. The van der Waals surface area contributed by atoms with Gasteiger partial charge in [0.05, 0.1) is 43.7 Å². The monoisotopic (exact) mass is 378 g/mol. The predicted molar refractivity (Wildman–Crippen MR) is 96.6 cm³/mol. The van der Waals surface area contributed by atoms with E-state index < -0.39 is 0 Å². The van der Waals surface area contributed by atoms with Crippen LogP contribution in [0, 0.1) is 0 Å². The number of anilines is 2. The highest BCUT2D eigenvalue weighted by atomic mass is 35.5. The highest BCUT2D eigenvalue weighted by Gasteiger charge is 2.19. The fourth-order valence-electron chi connectivity index (χ4n) is 2.53. The fourth-order valence-corrected chi connectivity index (χ4v) is 2.76. The second kappa shape index (κ2) is 8.20. The molecule has 8 nitrogen and oxygen atoms in total. The maximum Gasteiger partial charge on any atom is 0.257 e. The molecule has 1 saturated heterocycles. The smallest absolute Gasteiger partial charge is 0.257 e. The van der Waals surface area contributed by atoms with Gasteiger partial charge in [-0.05, 0) is 0 Å². The Hall–Kier alpha value is -2.58. The van der Waals surface area contributed by atoms with Gasteiger partial charge >= 0.3 is 0 Å². The maximum absolute atomic E-state index is 12.4. The molecule has 0 unspecified atom stereocenters. The minimum Gasteiger partial charge on any atom is -0.495 e. The summed E-state index contributed by atoms with van der Waals surface area (Å²) in [4.78, 5) is 22.6. The third-order valence-electron chi connectivity index (χ3n) is 3.92. The second-order valence-electron chi connectivity index (χ2n) is 5.51. The van der Waals surface area contributed by atoms with Crippen LogP contribution in [-0.4, -0.2) is 61.3 Å². The van der Waals surface area contributed by atoms with Crippen LogP contribution in [0.2, 0.25) is 5.02 Å². The number of morpholine rings is 1. The number of hydrogen-bond acceptors (Lipinski definition) is 7. The first-order chi connectivity index (χ1) is 12.6. The van der Waals surface area contributed by atoms with Crippen LogP contribution in [0.5, 0.6) is 11.5 Å². The average molecular weight is 379 g/mol. The molecule has 138 valence electrons. The van der Waals surface area contributed by atoms with Crippen LogP contribution in [0.25, 0.3) is 0 Å². The number of carbonyl (C=O) groups is 1. The molecule has 2 heterocycles. The Labute approximate surface area is 156 Å². The van der Waals surface area contributed by atoms with Gasteiger partial charge in [-0.1, -0.05) is 11.6 Å². The first kappa shape index (κ1) is 18.2. The van der Waals surface area contributed by atoms with Gasteiger partial charge in [0.15, 0.2) is 0 Å². The molecule has 0 bridgehead atoms. The lowest BCUT2D eigenvalue weighted by Gasteiger charge is -2.26. The average Bonchev–Trinajstić information content (AvgIpc) is 2.69. The van der Waals surface area contributed by atoms with E-state index in [1.165, 1.54) is 26.6 Å². The number of nitrogens with zero attached hydrogens (tertiary/aromatic N) is 3. The SMILES string of the molecule is COc1cc(Nc2ncc(C(=O)N3CCOCC3)cn2)c(OC)cc1Cl. The van der Waals surface area contributed by atoms with Crippen molar-refractivity contribution >= 4 is 29.1 Å². The zero-order valence-corrected chi connectivity index (χ0v) is 15.2. The summed E-state index contributed by atoms with van der Waals surface area (Å²) in [6, 6.07) is 3.33. The van der Waals surface area contributed by atoms with Crippen molar-refractivity contribution in [1.29, 1.82) is 0 Å². The normalized spacial score (nSPS) is 14.0. The second-order valence-corrected chi connectivity index (χ2v) is 5.92. The van der Waals surface area contributed by atoms with E-state index in [2.05, 4.69) is 15.3 Å². The van der Waals surface area contributed by atoms with Gasteiger partial charge in [0.25, 0.3) is 5.91 Å². The van der Waals surface area contributed by atoms with Crippen LogP contribution in [-0.2, 0) is 4.74 Å². The number of methoxy groups -OCH3 is 2. The molecule has 1 aromatic carbocycles. The van der Waals surface area contributed by atoms with Gasteiger partial charge in [-0.2, -0.15) is 0 Å². The Morgan fingerprint density at radius 2 is 1.81 bits per heavy atom. The third kappa shape index (κ3) is 3.97. The molecule has 1 aliphatic rings. The summed E-state index contributed by atoms with van der Waals surface area (Å²) < 4.78 is 15.8. The first-order valence-corrected chi connectivity index (χ1v) is 8.37. The summed E-state index contributed by atoms with van der Waals surface area (Å²) in [5.74, 6) is 1.23. The molecule has 0 atom stereocenters. The first-order valence-electron chi connectivity index (χ1n) is 8.00. The van der Waals surface area contributed by atoms with Crippen molar-refractivity contribution in [3.05, 3.63) is 35.1 Å². The van der Waals surface area contributed by atoms with Crippen molar-refractivity contribution in [3.8, 4) is 11.5 Å². The summed E-state index contributed by atoms with van der Waals surface area (Å²) >= 11 is 6.10. The number of halogens is 1. The van der Waals surface area contributed by atoms with E-state index in [4.69, 9.17) is 25.8 Å². The lowest BCUT2D eigenvalue weighted by Crippen LogP contribution is -2.40. The molecule has 1 amide bonds. The van der Waals surface area contributed by atoms with Crippen molar-refractivity contribution in [2.45, 2.75) is 0 Å². The number of aromatic nitrogens is 2. The fraction of sp³-hybridized carbons (Fsp3) is 0.353. The minimum absolute atomic E-state index is 0.106. The van der Waals surface area contributed by atoms with Gasteiger partial charge in [0.1, 0.15) is 11.5 Å².